The molecule has 2 rings (SSSR count). The number of carbonyl (C=O) groups is 1. The summed E-state index contributed by atoms with van der Waals surface area (Å²) in [6.07, 6.45) is 5.29. The highest BCUT2D eigenvalue weighted by Crippen LogP contribution is 2.27. The number of nitrogens with one attached hydrogen (secondary N) is 1. The Bertz CT molecular complexity index is 540. The Morgan fingerprint density at radius 3 is 2.55 bits per heavy atom. The van der Waals surface area contributed by atoms with Crippen molar-refractivity contribution >= 4 is 5.91 Å². The van der Waals surface area contributed by atoms with E-state index in [0.717, 1.165) is 31.2 Å². The summed E-state index contributed by atoms with van der Waals surface area (Å²) in [6, 6.07) is 6.67. The second kappa shape index (κ2) is 6.04. The van der Waals surface area contributed by atoms with Gasteiger partial charge in [-0.05, 0) is 31.9 Å². The average molecular weight is 274 g/mol. The fourth-order valence-electron chi connectivity index (χ4n) is 2.69. The van der Waals surface area contributed by atoms with Gasteiger partial charge in [0.25, 0.3) is 5.91 Å². The Morgan fingerprint density at radius 2 is 1.95 bits per heavy atom. The highest BCUT2D eigenvalue weighted by Gasteiger charge is 2.33. The third kappa shape index (κ3) is 3.16. The number of halogens is 1. The molecule has 0 saturated heterocycles. The molecule has 0 atom stereocenters. The van der Waals surface area contributed by atoms with Gasteiger partial charge in [0.1, 0.15) is 11.4 Å². The third-order valence-corrected chi connectivity index (χ3v) is 3.89. The number of benzene rings is 1. The van der Waals surface area contributed by atoms with E-state index in [0.29, 0.717) is 12.8 Å². The molecule has 0 spiro atoms. The van der Waals surface area contributed by atoms with Gasteiger partial charge in [-0.15, -0.1) is 0 Å². The Morgan fingerprint density at radius 1 is 1.30 bits per heavy atom. The molecule has 0 unspecified atom stereocenters. The van der Waals surface area contributed by atoms with Crippen LogP contribution in [0.5, 0.6) is 0 Å². The van der Waals surface area contributed by atoms with Gasteiger partial charge < -0.3 is 5.32 Å². The first-order chi connectivity index (χ1) is 9.56. The van der Waals surface area contributed by atoms with Crippen LogP contribution in [0.4, 0.5) is 4.39 Å². The van der Waals surface area contributed by atoms with Gasteiger partial charge in [0.2, 0.25) is 0 Å². The van der Waals surface area contributed by atoms with Gasteiger partial charge in [-0.3, -0.25) is 4.79 Å². The third-order valence-electron chi connectivity index (χ3n) is 3.89. The number of rotatable bonds is 2. The van der Waals surface area contributed by atoms with Crippen molar-refractivity contribution in [2.75, 3.05) is 0 Å². The largest absolute Gasteiger partial charge is 0.334 e. The molecule has 1 N–H and O–H groups in total. The van der Waals surface area contributed by atoms with Gasteiger partial charge in [0.05, 0.1) is 11.6 Å². The van der Waals surface area contributed by atoms with Crippen molar-refractivity contribution in [3.8, 4) is 6.07 Å². The molecule has 3 nitrogen and oxygen atoms in total. The molecule has 1 amide bonds. The Labute approximate surface area is 118 Å². The lowest BCUT2D eigenvalue weighted by atomic mass is 9.91. The van der Waals surface area contributed by atoms with Crippen LogP contribution in [0.15, 0.2) is 18.2 Å². The molecule has 20 heavy (non-hydrogen) atoms. The standard InChI is InChI=1S/C16H19FN2O/c1-12-6-7-14(17)13(10-12)15(20)19-16(11-18)8-4-2-3-5-9-16/h6-7,10H,2-5,8-9H2,1H3,(H,19,20). The molecular weight excluding hydrogens is 255 g/mol. The quantitative estimate of drug-likeness (QED) is 0.839. The molecule has 1 aromatic carbocycles. The molecule has 0 heterocycles. The Hall–Kier alpha value is -1.89. The van der Waals surface area contributed by atoms with Crippen LogP contribution in [0.1, 0.15) is 54.4 Å². The van der Waals surface area contributed by atoms with Crippen LogP contribution in [0.25, 0.3) is 0 Å². The predicted octanol–water partition coefficient (Wildman–Crippen LogP) is 3.48. The number of hydrogen-bond donors (Lipinski definition) is 1. The van der Waals surface area contributed by atoms with Crippen LogP contribution in [-0.2, 0) is 0 Å². The minimum absolute atomic E-state index is 0.0175. The highest BCUT2D eigenvalue weighted by atomic mass is 19.1. The molecule has 0 aromatic heterocycles. The monoisotopic (exact) mass is 274 g/mol. The lowest BCUT2D eigenvalue weighted by Gasteiger charge is -2.26. The molecule has 0 radical (unpaired) electrons. The van der Waals surface area contributed by atoms with E-state index in [2.05, 4.69) is 11.4 Å². The first-order valence-electron chi connectivity index (χ1n) is 7.06. The normalized spacial score (nSPS) is 17.9. The van der Waals surface area contributed by atoms with Crippen molar-refractivity contribution in [2.45, 2.75) is 51.0 Å². The van der Waals surface area contributed by atoms with Crippen molar-refractivity contribution in [3.63, 3.8) is 0 Å². The van der Waals surface area contributed by atoms with Crippen molar-refractivity contribution in [3.05, 3.63) is 35.1 Å². The van der Waals surface area contributed by atoms with E-state index in [1.54, 1.807) is 6.07 Å². The zero-order valence-electron chi connectivity index (χ0n) is 11.7. The summed E-state index contributed by atoms with van der Waals surface area (Å²) in [6.45, 7) is 1.81. The average Bonchev–Trinajstić information content (AvgIpc) is 2.67. The van der Waals surface area contributed by atoms with Crippen molar-refractivity contribution in [1.29, 1.82) is 5.26 Å². The fraction of sp³-hybridized carbons (Fsp3) is 0.500. The second-order valence-electron chi connectivity index (χ2n) is 5.55. The maximum absolute atomic E-state index is 13.7. The maximum Gasteiger partial charge on any atom is 0.255 e. The maximum atomic E-state index is 13.7. The second-order valence-corrected chi connectivity index (χ2v) is 5.55. The summed E-state index contributed by atoms with van der Waals surface area (Å²) in [5.41, 5.74) is -0.00339. The van der Waals surface area contributed by atoms with Crippen molar-refractivity contribution in [2.24, 2.45) is 0 Å². The number of amides is 1. The number of carbonyl (C=O) groups excluding carboxylic acids is 1. The van der Waals surface area contributed by atoms with Gasteiger partial charge >= 0.3 is 0 Å². The van der Waals surface area contributed by atoms with Crippen LogP contribution in [-0.4, -0.2) is 11.4 Å². The van der Waals surface area contributed by atoms with E-state index >= 15 is 0 Å². The molecule has 1 aliphatic rings. The summed E-state index contributed by atoms with van der Waals surface area (Å²) in [5, 5.41) is 12.2. The molecule has 0 bridgehead atoms. The predicted molar refractivity (Wildman–Crippen MR) is 74.6 cm³/mol. The number of nitriles is 1. The molecular formula is C16H19FN2O. The van der Waals surface area contributed by atoms with Gasteiger partial charge in [-0.2, -0.15) is 5.26 Å². The lowest BCUT2D eigenvalue weighted by Crippen LogP contribution is -2.47. The van der Waals surface area contributed by atoms with Crippen LogP contribution >= 0.6 is 0 Å². The fourth-order valence-corrected chi connectivity index (χ4v) is 2.69. The summed E-state index contributed by atoms with van der Waals surface area (Å²) >= 11 is 0. The summed E-state index contributed by atoms with van der Waals surface area (Å²) in [4.78, 5) is 12.3. The van der Waals surface area contributed by atoms with Crippen molar-refractivity contribution < 1.29 is 9.18 Å². The zero-order valence-corrected chi connectivity index (χ0v) is 11.7. The highest BCUT2D eigenvalue weighted by molar-refractivity contribution is 5.95. The van der Waals surface area contributed by atoms with Gasteiger partial charge in [0, 0.05) is 0 Å². The number of aryl methyl sites for hydroxylation is 1. The molecule has 4 heteroatoms. The molecule has 1 fully saturated rings. The van der Waals surface area contributed by atoms with Gasteiger partial charge in [-0.1, -0.05) is 37.3 Å². The molecule has 0 aliphatic heterocycles. The van der Waals surface area contributed by atoms with Crippen LogP contribution < -0.4 is 5.32 Å². The van der Waals surface area contributed by atoms with E-state index in [9.17, 15) is 14.4 Å². The van der Waals surface area contributed by atoms with E-state index in [1.165, 1.54) is 12.1 Å². The Balaban J connectivity index is 2.21. The summed E-state index contributed by atoms with van der Waals surface area (Å²) in [7, 11) is 0. The van der Waals surface area contributed by atoms with E-state index in [1.807, 2.05) is 6.92 Å². The molecule has 1 aromatic rings. The first kappa shape index (κ1) is 14.5. The van der Waals surface area contributed by atoms with Gasteiger partial charge in [-0.25, -0.2) is 4.39 Å². The smallest absolute Gasteiger partial charge is 0.255 e. The van der Waals surface area contributed by atoms with Crippen molar-refractivity contribution in [1.82, 2.24) is 5.32 Å². The molecule has 1 aliphatic carbocycles. The van der Waals surface area contributed by atoms with Crippen LogP contribution in [0.2, 0.25) is 0 Å². The molecule has 106 valence electrons. The minimum atomic E-state index is -0.843. The zero-order chi connectivity index (χ0) is 14.6. The molecule has 1 saturated carbocycles. The number of hydrogen-bond acceptors (Lipinski definition) is 2. The van der Waals surface area contributed by atoms with E-state index in [4.69, 9.17) is 0 Å². The Kier molecular flexibility index (Phi) is 4.39. The van der Waals surface area contributed by atoms with Crippen LogP contribution in [0.3, 0.4) is 0 Å². The summed E-state index contributed by atoms with van der Waals surface area (Å²) < 4.78 is 13.7. The first-order valence-corrected chi connectivity index (χ1v) is 7.06. The van der Waals surface area contributed by atoms with E-state index in [-0.39, 0.29) is 5.56 Å². The SMILES string of the molecule is Cc1ccc(F)c(C(=O)NC2(C#N)CCCCCC2)c1. The lowest BCUT2D eigenvalue weighted by molar-refractivity contribution is 0.0908. The number of nitrogens with zero attached hydrogens (tertiary/aromatic N) is 1. The summed E-state index contributed by atoms with van der Waals surface area (Å²) in [5.74, 6) is -1.04. The minimum Gasteiger partial charge on any atom is -0.334 e. The topological polar surface area (TPSA) is 52.9 Å². The van der Waals surface area contributed by atoms with Gasteiger partial charge in [0.15, 0.2) is 0 Å². The van der Waals surface area contributed by atoms with Crippen LogP contribution in [0, 0.1) is 24.1 Å². The van der Waals surface area contributed by atoms with E-state index < -0.39 is 17.3 Å².